The molecule has 0 bridgehead atoms. The van der Waals surface area contributed by atoms with Crippen molar-refractivity contribution in [3.8, 4) is 0 Å². The molecule has 0 aliphatic heterocycles. The summed E-state index contributed by atoms with van der Waals surface area (Å²) in [6.07, 6.45) is 9.39. The van der Waals surface area contributed by atoms with Crippen LogP contribution in [0.25, 0.3) is 0 Å². The first-order chi connectivity index (χ1) is 5.79. The molecule has 0 heterocycles. The van der Waals surface area contributed by atoms with E-state index in [0.29, 0.717) is 6.10 Å². The highest BCUT2D eigenvalue weighted by molar-refractivity contribution is 4.92. The van der Waals surface area contributed by atoms with Crippen LogP contribution < -0.4 is 0 Å². The molecule has 0 N–H and O–H groups in total. The number of rotatable bonds is 3. The molecule has 0 saturated heterocycles. The Bertz CT molecular complexity index is 139. The lowest BCUT2D eigenvalue weighted by molar-refractivity contribution is 0.0463. The fourth-order valence-electron chi connectivity index (χ4n) is 1.58. The highest BCUT2D eigenvalue weighted by atomic mass is 16.5. The fourth-order valence-corrected chi connectivity index (χ4v) is 1.58. The van der Waals surface area contributed by atoms with E-state index >= 15 is 0 Å². The summed E-state index contributed by atoms with van der Waals surface area (Å²) in [7, 11) is 0. The van der Waals surface area contributed by atoms with Gasteiger partial charge in [0.25, 0.3) is 0 Å². The Morgan fingerprint density at radius 2 is 1.92 bits per heavy atom. The van der Waals surface area contributed by atoms with Gasteiger partial charge in [-0.15, -0.1) is 0 Å². The number of hydrogen-bond acceptors (Lipinski definition) is 1. The first-order valence-electron chi connectivity index (χ1n) is 5.04. The third-order valence-electron chi connectivity index (χ3n) is 2.38. The van der Waals surface area contributed by atoms with Crippen LogP contribution in [0.3, 0.4) is 0 Å². The zero-order chi connectivity index (χ0) is 8.81. The van der Waals surface area contributed by atoms with Crippen molar-refractivity contribution < 1.29 is 4.74 Å². The smallest absolute Gasteiger partial charge is 0.0653 e. The molecule has 70 valence electrons. The highest BCUT2D eigenvalue weighted by Gasteiger charge is 2.12. The second-order valence-electron chi connectivity index (χ2n) is 3.87. The largest absolute Gasteiger partial charge is 0.374 e. The zero-order valence-electron chi connectivity index (χ0n) is 8.31. The molecular formula is C11H20O. The molecular weight excluding hydrogens is 148 g/mol. The lowest BCUT2D eigenvalue weighted by Gasteiger charge is -2.21. The van der Waals surface area contributed by atoms with Crippen molar-refractivity contribution in [1.29, 1.82) is 0 Å². The van der Waals surface area contributed by atoms with Gasteiger partial charge < -0.3 is 4.74 Å². The molecule has 0 aromatic rings. The van der Waals surface area contributed by atoms with Gasteiger partial charge in [0.15, 0.2) is 0 Å². The third kappa shape index (κ3) is 3.91. The third-order valence-corrected chi connectivity index (χ3v) is 2.38. The van der Waals surface area contributed by atoms with Gasteiger partial charge in [0.05, 0.1) is 12.7 Å². The van der Waals surface area contributed by atoms with Crippen LogP contribution in [-0.4, -0.2) is 12.7 Å². The van der Waals surface area contributed by atoms with Crippen molar-refractivity contribution in [1.82, 2.24) is 0 Å². The van der Waals surface area contributed by atoms with E-state index in [0.717, 1.165) is 6.61 Å². The van der Waals surface area contributed by atoms with E-state index in [2.05, 4.69) is 19.9 Å². The maximum Gasteiger partial charge on any atom is 0.0653 e. The standard InChI is InChI=1S/C11H20O/c1-10(2)8-9-12-11-6-4-3-5-7-11/h8,11H,3-7,9H2,1-2H3. The summed E-state index contributed by atoms with van der Waals surface area (Å²) in [6.45, 7) is 5.04. The Morgan fingerprint density at radius 1 is 1.25 bits per heavy atom. The summed E-state index contributed by atoms with van der Waals surface area (Å²) in [5, 5.41) is 0. The molecule has 12 heavy (non-hydrogen) atoms. The zero-order valence-corrected chi connectivity index (χ0v) is 8.31. The molecule has 1 heteroatoms. The molecule has 0 spiro atoms. The van der Waals surface area contributed by atoms with Gasteiger partial charge in [-0.3, -0.25) is 0 Å². The van der Waals surface area contributed by atoms with Crippen molar-refractivity contribution in [3.63, 3.8) is 0 Å². The number of hydrogen-bond donors (Lipinski definition) is 0. The monoisotopic (exact) mass is 168 g/mol. The van der Waals surface area contributed by atoms with Crippen LogP contribution in [0.1, 0.15) is 46.0 Å². The molecule has 0 atom stereocenters. The molecule has 1 fully saturated rings. The topological polar surface area (TPSA) is 9.23 Å². The summed E-state index contributed by atoms with van der Waals surface area (Å²) in [5.41, 5.74) is 1.35. The molecule has 1 aliphatic rings. The minimum atomic E-state index is 0.550. The Hall–Kier alpha value is -0.300. The lowest BCUT2D eigenvalue weighted by Crippen LogP contribution is -2.16. The maximum absolute atomic E-state index is 5.72. The lowest BCUT2D eigenvalue weighted by atomic mass is 9.98. The molecule has 0 amide bonds. The van der Waals surface area contributed by atoms with Gasteiger partial charge in [-0.1, -0.05) is 30.9 Å². The van der Waals surface area contributed by atoms with E-state index in [1.807, 2.05) is 0 Å². The van der Waals surface area contributed by atoms with E-state index < -0.39 is 0 Å². The van der Waals surface area contributed by atoms with Crippen molar-refractivity contribution in [2.24, 2.45) is 0 Å². The van der Waals surface area contributed by atoms with E-state index in [4.69, 9.17) is 4.74 Å². The van der Waals surface area contributed by atoms with Crippen LogP contribution in [0.2, 0.25) is 0 Å². The maximum atomic E-state index is 5.72. The van der Waals surface area contributed by atoms with E-state index in [1.165, 1.54) is 37.7 Å². The van der Waals surface area contributed by atoms with Crippen LogP contribution in [0, 0.1) is 0 Å². The van der Waals surface area contributed by atoms with Gasteiger partial charge in [0, 0.05) is 0 Å². The number of ether oxygens (including phenoxy) is 1. The van der Waals surface area contributed by atoms with E-state index in [-0.39, 0.29) is 0 Å². The average Bonchev–Trinajstić information content (AvgIpc) is 2.05. The Morgan fingerprint density at radius 3 is 2.50 bits per heavy atom. The Labute approximate surface area is 75.8 Å². The highest BCUT2D eigenvalue weighted by Crippen LogP contribution is 2.20. The molecule has 1 nitrogen and oxygen atoms in total. The second-order valence-corrected chi connectivity index (χ2v) is 3.87. The summed E-state index contributed by atoms with van der Waals surface area (Å²) in [6, 6.07) is 0. The van der Waals surface area contributed by atoms with E-state index in [1.54, 1.807) is 0 Å². The van der Waals surface area contributed by atoms with Gasteiger partial charge in [-0.2, -0.15) is 0 Å². The second kappa shape index (κ2) is 5.36. The van der Waals surface area contributed by atoms with Crippen molar-refractivity contribution in [2.45, 2.75) is 52.1 Å². The normalized spacial score (nSPS) is 19.2. The molecule has 0 unspecified atom stereocenters. The van der Waals surface area contributed by atoms with Gasteiger partial charge in [0.2, 0.25) is 0 Å². The van der Waals surface area contributed by atoms with Gasteiger partial charge in [-0.05, 0) is 26.7 Å². The van der Waals surface area contributed by atoms with Crippen LogP contribution >= 0.6 is 0 Å². The first kappa shape index (κ1) is 9.79. The molecule has 1 aliphatic carbocycles. The fraction of sp³-hybridized carbons (Fsp3) is 0.818. The average molecular weight is 168 g/mol. The van der Waals surface area contributed by atoms with E-state index in [9.17, 15) is 0 Å². The molecule has 0 aromatic heterocycles. The van der Waals surface area contributed by atoms with Crippen molar-refractivity contribution >= 4 is 0 Å². The quantitative estimate of drug-likeness (QED) is 0.587. The summed E-state index contributed by atoms with van der Waals surface area (Å²) < 4.78 is 5.72. The Kier molecular flexibility index (Phi) is 4.37. The summed E-state index contributed by atoms with van der Waals surface area (Å²) >= 11 is 0. The van der Waals surface area contributed by atoms with Crippen LogP contribution in [0.4, 0.5) is 0 Å². The predicted octanol–water partition coefficient (Wildman–Crippen LogP) is 3.30. The molecule has 1 rings (SSSR count). The Balaban J connectivity index is 2.09. The summed E-state index contributed by atoms with van der Waals surface area (Å²) in [5.74, 6) is 0. The van der Waals surface area contributed by atoms with Gasteiger partial charge in [-0.25, -0.2) is 0 Å². The molecule has 0 radical (unpaired) electrons. The van der Waals surface area contributed by atoms with Gasteiger partial charge in [0.1, 0.15) is 0 Å². The van der Waals surface area contributed by atoms with Crippen LogP contribution in [0.5, 0.6) is 0 Å². The molecule has 1 saturated carbocycles. The van der Waals surface area contributed by atoms with Crippen LogP contribution in [-0.2, 0) is 4.74 Å². The first-order valence-corrected chi connectivity index (χ1v) is 5.04. The molecule has 0 aromatic carbocycles. The summed E-state index contributed by atoms with van der Waals surface area (Å²) in [4.78, 5) is 0. The minimum absolute atomic E-state index is 0.550. The SMILES string of the molecule is CC(C)=CCOC1CCCCC1. The minimum Gasteiger partial charge on any atom is -0.374 e. The van der Waals surface area contributed by atoms with Crippen molar-refractivity contribution in [2.75, 3.05) is 6.61 Å². The van der Waals surface area contributed by atoms with Gasteiger partial charge >= 0.3 is 0 Å². The van der Waals surface area contributed by atoms with Crippen LogP contribution in [0.15, 0.2) is 11.6 Å². The predicted molar refractivity (Wildman–Crippen MR) is 52.3 cm³/mol. The van der Waals surface area contributed by atoms with Crippen molar-refractivity contribution in [3.05, 3.63) is 11.6 Å². The number of allylic oxidation sites excluding steroid dienone is 1.